The van der Waals surface area contributed by atoms with Crippen LogP contribution in [0.5, 0.6) is 0 Å². The van der Waals surface area contributed by atoms with Crippen LogP contribution < -0.4 is 0 Å². The van der Waals surface area contributed by atoms with Gasteiger partial charge in [-0.15, -0.1) is 0 Å². The summed E-state index contributed by atoms with van der Waals surface area (Å²) in [5.74, 6) is -0.984. The van der Waals surface area contributed by atoms with Crippen molar-refractivity contribution in [3.63, 3.8) is 0 Å². The average molecular weight is 1120 g/mol. The summed E-state index contributed by atoms with van der Waals surface area (Å²) in [4.78, 5) is 38.3. The summed E-state index contributed by atoms with van der Waals surface area (Å²) < 4.78 is 16.8. The fraction of sp³-hybridized carbons (Fsp3) is 0.587. The summed E-state index contributed by atoms with van der Waals surface area (Å²) in [6, 6.07) is 0. The third kappa shape index (κ3) is 65.5. The third-order valence-electron chi connectivity index (χ3n) is 13.2. The molecule has 81 heavy (non-hydrogen) atoms. The molecule has 454 valence electrons. The third-order valence-corrected chi connectivity index (χ3v) is 13.2. The fourth-order valence-corrected chi connectivity index (χ4v) is 8.41. The minimum atomic E-state index is -0.816. The lowest BCUT2D eigenvalue weighted by atomic mass is 10.1. The Labute approximate surface area is 498 Å². The quantitative estimate of drug-likeness (QED) is 0.0261. The maximum Gasteiger partial charge on any atom is 0.306 e. The predicted molar refractivity (Wildman–Crippen MR) is 352 cm³/mol. The molecule has 0 N–H and O–H groups in total. The molecular weight excluding hydrogens is 997 g/mol. The largest absolute Gasteiger partial charge is 0.462 e. The van der Waals surface area contributed by atoms with Crippen LogP contribution in [0, 0.1) is 0 Å². The molecule has 6 heteroatoms. The Morgan fingerprint density at radius 2 is 0.494 bits per heavy atom. The van der Waals surface area contributed by atoms with Gasteiger partial charge >= 0.3 is 17.9 Å². The molecule has 0 heterocycles. The highest BCUT2D eigenvalue weighted by atomic mass is 16.6. The van der Waals surface area contributed by atoms with Crippen LogP contribution in [0.15, 0.2) is 170 Å². The van der Waals surface area contributed by atoms with Gasteiger partial charge < -0.3 is 14.2 Å². The molecule has 0 fully saturated rings. The molecular formula is C75H118O6. The number of ether oxygens (including phenoxy) is 3. The van der Waals surface area contributed by atoms with Gasteiger partial charge in [0.25, 0.3) is 0 Å². The molecule has 0 aromatic rings. The van der Waals surface area contributed by atoms with E-state index in [1.54, 1.807) is 0 Å². The van der Waals surface area contributed by atoms with Crippen LogP contribution in [-0.4, -0.2) is 37.2 Å². The van der Waals surface area contributed by atoms with Crippen molar-refractivity contribution in [2.75, 3.05) is 13.2 Å². The van der Waals surface area contributed by atoms with Crippen molar-refractivity contribution < 1.29 is 28.6 Å². The van der Waals surface area contributed by atoms with Crippen LogP contribution in [-0.2, 0) is 28.6 Å². The zero-order chi connectivity index (χ0) is 58.5. The summed E-state index contributed by atoms with van der Waals surface area (Å²) in [5.41, 5.74) is 0. The number of carbonyl (C=O) groups excluding carboxylic acids is 3. The van der Waals surface area contributed by atoms with Crippen LogP contribution in [0.4, 0.5) is 0 Å². The second-order valence-corrected chi connectivity index (χ2v) is 20.9. The van der Waals surface area contributed by atoms with Gasteiger partial charge in [-0.05, 0) is 128 Å². The summed E-state index contributed by atoms with van der Waals surface area (Å²) in [6.07, 6.45) is 99.4. The molecule has 0 spiro atoms. The summed E-state index contributed by atoms with van der Waals surface area (Å²) in [7, 11) is 0. The van der Waals surface area contributed by atoms with Crippen molar-refractivity contribution in [2.45, 2.75) is 271 Å². The highest BCUT2D eigenvalue weighted by Crippen LogP contribution is 2.15. The molecule has 0 aliphatic heterocycles. The smallest absolute Gasteiger partial charge is 0.306 e. The molecule has 1 unspecified atom stereocenters. The first kappa shape index (κ1) is 75.8. The van der Waals surface area contributed by atoms with Gasteiger partial charge in [-0.2, -0.15) is 0 Å². The van der Waals surface area contributed by atoms with Gasteiger partial charge in [0.15, 0.2) is 6.10 Å². The van der Waals surface area contributed by atoms with Crippen molar-refractivity contribution in [2.24, 2.45) is 0 Å². The van der Waals surface area contributed by atoms with E-state index in [0.717, 1.165) is 148 Å². The summed E-state index contributed by atoms with van der Waals surface area (Å²) in [5, 5.41) is 0. The van der Waals surface area contributed by atoms with Crippen molar-refractivity contribution in [3.05, 3.63) is 170 Å². The zero-order valence-electron chi connectivity index (χ0n) is 52.0. The van der Waals surface area contributed by atoms with Gasteiger partial charge in [0.1, 0.15) is 13.2 Å². The molecule has 1 atom stereocenters. The molecule has 0 aromatic carbocycles. The van der Waals surface area contributed by atoms with E-state index in [4.69, 9.17) is 14.2 Å². The molecule has 0 aliphatic carbocycles. The molecule has 0 bridgehead atoms. The molecule has 0 saturated heterocycles. The lowest BCUT2D eigenvalue weighted by Crippen LogP contribution is -2.30. The Balaban J connectivity index is 4.44. The van der Waals surface area contributed by atoms with Crippen molar-refractivity contribution in [1.82, 2.24) is 0 Å². The lowest BCUT2D eigenvalue weighted by Gasteiger charge is -2.18. The van der Waals surface area contributed by atoms with E-state index in [9.17, 15) is 14.4 Å². The van der Waals surface area contributed by atoms with Crippen LogP contribution in [0.1, 0.15) is 265 Å². The van der Waals surface area contributed by atoms with Gasteiger partial charge in [-0.1, -0.05) is 287 Å². The van der Waals surface area contributed by atoms with Crippen molar-refractivity contribution in [1.29, 1.82) is 0 Å². The maximum atomic E-state index is 12.9. The molecule has 0 saturated carbocycles. The number of hydrogen-bond acceptors (Lipinski definition) is 6. The number of unbranched alkanes of at least 4 members (excludes halogenated alkanes) is 18. The first-order valence-electron chi connectivity index (χ1n) is 32.6. The van der Waals surface area contributed by atoms with E-state index in [1.807, 2.05) is 0 Å². The Morgan fingerprint density at radius 1 is 0.259 bits per heavy atom. The maximum absolute atomic E-state index is 12.9. The van der Waals surface area contributed by atoms with E-state index in [1.165, 1.54) is 70.6 Å². The number of carbonyl (C=O) groups is 3. The summed E-state index contributed by atoms with van der Waals surface area (Å²) in [6.45, 7) is 6.34. The second kappa shape index (κ2) is 67.3. The molecule has 0 aromatic heterocycles. The van der Waals surface area contributed by atoms with Gasteiger partial charge in [0, 0.05) is 19.3 Å². The molecule has 0 radical (unpaired) electrons. The Kier molecular flexibility index (Phi) is 62.9. The number of hydrogen-bond donors (Lipinski definition) is 0. The highest BCUT2D eigenvalue weighted by Gasteiger charge is 2.19. The second-order valence-electron chi connectivity index (χ2n) is 20.9. The summed E-state index contributed by atoms with van der Waals surface area (Å²) >= 11 is 0. The Morgan fingerprint density at radius 3 is 0.802 bits per heavy atom. The molecule has 0 aliphatic rings. The fourth-order valence-electron chi connectivity index (χ4n) is 8.41. The van der Waals surface area contributed by atoms with Crippen molar-refractivity contribution in [3.8, 4) is 0 Å². The van der Waals surface area contributed by atoms with Gasteiger partial charge in [0.05, 0.1) is 0 Å². The first-order valence-corrected chi connectivity index (χ1v) is 32.6. The van der Waals surface area contributed by atoms with E-state index in [0.29, 0.717) is 19.3 Å². The topological polar surface area (TPSA) is 78.9 Å². The van der Waals surface area contributed by atoms with E-state index < -0.39 is 6.10 Å². The van der Waals surface area contributed by atoms with Crippen LogP contribution in [0.25, 0.3) is 0 Å². The minimum Gasteiger partial charge on any atom is -0.462 e. The van der Waals surface area contributed by atoms with E-state index >= 15 is 0 Å². The van der Waals surface area contributed by atoms with Crippen molar-refractivity contribution >= 4 is 17.9 Å². The Hall–Kier alpha value is -5.23. The van der Waals surface area contributed by atoms with Gasteiger partial charge in [-0.25, -0.2) is 0 Å². The SMILES string of the molecule is CC/C=C\C/C=C\C/C=C\C/C=C\C/C=C\C/C=C\C/C=C\C/C=C\C/C=C\CCCC(=O)OCC(COC(=O)CCCCCCCCCCCCC)OC(=O)CCCCCCCCC/C=C\C/C=C\C/C=C\C/C=C\C/C=C\CC. The number of esters is 3. The van der Waals surface area contributed by atoms with E-state index in [-0.39, 0.29) is 37.5 Å². The van der Waals surface area contributed by atoms with Crippen LogP contribution >= 0.6 is 0 Å². The average Bonchev–Trinajstić information content (AvgIpc) is 3.47. The zero-order valence-corrected chi connectivity index (χ0v) is 52.0. The van der Waals surface area contributed by atoms with Crippen LogP contribution in [0.2, 0.25) is 0 Å². The van der Waals surface area contributed by atoms with Gasteiger partial charge in [0.2, 0.25) is 0 Å². The minimum absolute atomic E-state index is 0.106. The van der Waals surface area contributed by atoms with E-state index in [2.05, 4.69) is 191 Å². The molecule has 0 amide bonds. The normalized spacial score (nSPS) is 13.3. The number of allylic oxidation sites excluding steroid dienone is 28. The van der Waals surface area contributed by atoms with Gasteiger partial charge in [-0.3, -0.25) is 14.4 Å². The highest BCUT2D eigenvalue weighted by molar-refractivity contribution is 5.71. The number of rotatable bonds is 57. The standard InChI is InChI=1S/C75H118O6/c1-4-7-10-13-16-19-22-24-26-28-30-32-34-35-36-37-38-39-41-42-44-46-48-50-53-56-59-62-65-68-74(77)80-71-72(70-79-73(76)67-64-61-58-55-52-21-18-15-12-9-6-3)81-75(78)69-66-63-60-57-54-51-49-47-45-43-40-33-31-29-27-25-23-20-17-14-11-8-5-2/h7-8,10-11,16-17,19-20,24-27,30-33,35-36,38-39,42-45,48,50,56,59,72H,4-6,9,12-15,18,21-23,28-29,34,37,40-41,46-47,49,51-55,57-58,60-71H2,1-3H3/b10-7-,11-8-,19-16-,20-17-,26-24-,27-25-,32-30-,33-31-,36-35-,39-38-,44-42-,45-43-,50-48-,59-56-. The van der Waals surface area contributed by atoms with Crippen LogP contribution in [0.3, 0.4) is 0 Å². The monoisotopic (exact) mass is 1110 g/mol. The first-order chi connectivity index (χ1) is 40.0. The Bertz CT molecular complexity index is 1860. The molecule has 6 nitrogen and oxygen atoms in total. The predicted octanol–water partition coefficient (Wildman–Crippen LogP) is 22.7. The molecule has 0 rings (SSSR count). The lowest BCUT2D eigenvalue weighted by molar-refractivity contribution is -0.167.